The number of aryl methyl sites for hydroxylation is 1. The molecule has 4 atom stereocenters. The number of carbonyl (C=O) groups is 5. The molecular weight excluding hydrogens is 899 g/mol. The third-order valence-corrected chi connectivity index (χ3v) is 14.5. The van der Waals surface area contributed by atoms with Crippen LogP contribution in [0.1, 0.15) is 90.4 Å². The largest absolute Gasteiger partial charge is 0.462 e. The number of nitrogens with zero attached hydrogens (tertiary/aromatic N) is 7. The summed E-state index contributed by atoms with van der Waals surface area (Å²) in [7, 11) is 4.95. The fraction of sp³-hybridized carbons (Fsp3) is 0.549. The summed E-state index contributed by atoms with van der Waals surface area (Å²) in [5.74, 6) is -2.61. The van der Waals surface area contributed by atoms with Crippen LogP contribution in [-0.2, 0) is 48.0 Å². The van der Waals surface area contributed by atoms with Gasteiger partial charge in [-0.25, -0.2) is 14.6 Å². The van der Waals surface area contributed by atoms with Crippen molar-refractivity contribution in [2.75, 3.05) is 47.4 Å². The minimum absolute atomic E-state index is 0.0207. The Balaban J connectivity index is 1.40. The van der Waals surface area contributed by atoms with Crippen molar-refractivity contribution < 1.29 is 38.6 Å². The van der Waals surface area contributed by atoms with E-state index in [1.165, 1.54) is 27.3 Å². The molecule has 3 aliphatic rings. The van der Waals surface area contributed by atoms with Crippen LogP contribution in [0.5, 0.6) is 0 Å². The number of aliphatic imine (C=N–C) groups is 1. The van der Waals surface area contributed by atoms with Gasteiger partial charge in [0.1, 0.15) is 12.1 Å². The number of fused-ring (bicyclic) bond motifs is 6. The molecule has 6 rings (SSSR count). The quantitative estimate of drug-likeness (QED) is 0.0845. The number of nitrogens with one attached hydrogen (secondary N) is 2. The number of ether oxygens (including phenoxy) is 2. The molecular formula is C51H71N9O8S. The Morgan fingerprint density at radius 1 is 1.13 bits per heavy atom. The van der Waals surface area contributed by atoms with Crippen molar-refractivity contribution in [1.29, 1.82) is 0 Å². The Bertz CT molecular complexity index is 2500. The number of aromatic nitrogens is 2. The number of piperidine rings is 1. The molecule has 0 spiro atoms. The van der Waals surface area contributed by atoms with Crippen LogP contribution in [0.4, 0.5) is 4.79 Å². The highest BCUT2D eigenvalue weighted by Crippen LogP contribution is 2.40. The SMILES string of the molecule is C=CC(=O)N(C)C1CCN(C(=O)N(C)[C@H](C(=O)N[C@H]2Cc3nc(cs3)-c3ccc4c(c3)c(c(/C(C=C)=C(/N=C\C)[C@H](C)OC)n4CC)CC(C)(C)COC(=O)[C@@]3(O)CCCN(N3)C2=O)C(C)C)CC1. The number of cyclic esters (lactones) is 1. The predicted octanol–water partition coefficient (Wildman–Crippen LogP) is 5.96. The number of aliphatic hydroxyl groups is 1. The average molecular weight is 970 g/mol. The summed E-state index contributed by atoms with van der Waals surface area (Å²) in [5.41, 5.74) is 5.79. The third kappa shape index (κ3) is 11.2. The summed E-state index contributed by atoms with van der Waals surface area (Å²) in [6.07, 6.45) is 6.28. The second kappa shape index (κ2) is 21.9. The van der Waals surface area contributed by atoms with Crippen LogP contribution >= 0.6 is 11.3 Å². The van der Waals surface area contributed by atoms with Crippen LogP contribution in [0, 0.1) is 11.3 Å². The lowest BCUT2D eigenvalue weighted by molar-refractivity contribution is -0.189. The van der Waals surface area contributed by atoms with Crippen LogP contribution in [0.25, 0.3) is 27.7 Å². The fourth-order valence-electron chi connectivity index (χ4n) is 9.81. The van der Waals surface area contributed by atoms with E-state index in [9.17, 15) is 29.1 Å². The minimum Gasteiger partial charge on any atom is -0.462 e. The van der Waals surface area contributed by atoms with E-state index < -0.39 is 41.0 Å². The number of allylic oxidation sites excluding steroid dienone is 2. The average Bonchev–Trinajstić information content (AvgIpc) is 3.92. The number of carbonyl (C=O) groups excluding carboxylic acids is 5. The summed E-state index contributed by atoms with van der Waals surface area (Å²) in [6.45, 7) is 22.9. The molecule has 0 unspecified atom stereocenters. The number of likely N-dealkylation sites (tertiary alicyclic amines) is 1. The Morgan fingerprint density at radius 2 is 1.84 bits per heavy atom. The van der Waals surface area contributed by atoms with Gasteiger partial charge in [0.2, 0.25) is 17.5 Å². The highest BCUT2D eigenvalue weighted by Gasteiger charge is 2.46. The van der Waals surface area contributed by atoms with Crippen molar-refractivity contribution in [3.63, 3.8) is 0 Å². The standard InChI is InChI=1S/C51H71N9O8S/c1-13-35(43(52-15-3)32(7)67-12)45-37-28-50(8,9)30-68-48(64)51(66)22-17-23-60(55-51)47(63)38(27-41-53-39(29-69-41)33-18-19-40(36(37)26-33)59(45)16-4)54-46(62)44(31(5)6)57(11)49(65)58-24-20-34(21-25-58)56(10)42(61)14-2/h13-15,18-19,26,29,31-32,34,38,44,55,66H,1-2,16-17,20-25,27-28,30H2,3-12H3,(H,54,62)/b43-35+,52-15-/t32-,38-,44-,51-/m0/s1. The summed E-state index contributed by atoms with van der Waals surface area (Å²) < 4.78 is 14.0. The first kappa shape index (κ1) is 52.7. The summed E-state index contributed by atoms with van der Waals surface area (Å²) in [5, 5.41) is 19.5. The zero-order chi connectivity index (χ0) is 50.5. The zero-order valence-corrected chi connectivity index (χ0v) is 42.8. The van der Waals surface area contributed by atoms with Gasteiger partial charge in [0.25, 0.3) is 5.91 Å². The zero-order valence-electron chi connectivity index (χ0n) is 42.0. The highest BCUT2D eigenvalue weighted by molar-refractivity contribution is 7.10. The molecule has 2 aromatic heterocycles. The van der Waals surface area contributed by atoms with Gasteiger partial charge in [-0.2, -0.15) is 5.43 Å². The monoisotopic (exact) mass is 970 g/mol. The number of hydrogen-bond acceptors (Lipinski definition) is 12. The van der Waals surface area contributed by atoms with E-state index in [1.54, 1.807) is 37.2 Å². The van der Waals surface area contributed by atoms with Crippen LogP contribution in [0.2, 0.25) is 0 Å². The molecule has 2 fully saturated rings. The molecule has 2 saturated heterocycles. The molecule has 5 amide bonds. The number of urea groups is 1. The number of hydrogen-bond donors (Lipinski definition) is 3. The smallest absolute Gasteiger partial charge is 0.355 e. The van der Waals surface area contributed by atoms with E-state index in [0.29, 0.717) is 55.3 Å². The topological polar surface area (TPSA) is 191 Å². The number of hydrazine groups is 1. The predicted molar refractivity (Wildman–Crippen MR) is 269 cm³/mol. The van der Waals surface area contributed by atoms with E-state index in [2.05, 4.69) is 47.5 Å². The maximum Gasteiger partial charge on any atom is 0.355 e. The molecule has 6 bridgehead atoms. The van der Waals surface area contributed by atoms with E-state index in [4.69, 9.17) is 19.5 Å². The van der Waals surface area contributed by atoms with E-state index in [-0.39, 0.29) is 62.4 Å². The summed E-state index contributed by atoms with van der Waals surface area (Å²) in [6, 6.07) is 3.63. The number of methoxy groups -OCH3 is 1. The van der Waals surface area contributed by atoms with Gasteiger partial charge in [-0.3, -0.25) is 24.4 Å². The van der Waals surface area contributed by atoms with Crippen molar-refractivity contribution in [3.8, 4) is 11.3 Å². The molecule has 0 aliphatic carbocycles. The van der Waals surface area contributed by atoms with Gasteiger partial charge in [0.15, 0.2) is 0 Å². The lowest BCUT2D eigenvalue weighted by atomic mass is 9.84. The maximum atomic E-state index is 14.7. The Morgan fingerprint density at radius 3 is 2.46 bits per heavy atom. The molecule has 374 valence electrons. The van der Waals surface area contributed by atoms with Gasteiger partial charge >= 0.3 is 12.0 Å². The van der Waals surface area contributed by atoms with Gasteiger partial charge in [-0.1, -0.05) is 53.0 Å². The lowest BCUT2D eigenvalue weighted by Crippen LogP contribution is -2.67. The van der Waals surface area contributed by atoms with Crippen molar-refractivity contribution in [2.24, 2.45) is 16.3 Å². The second-order valence-corrected chi connectivity index (χ2v) is 20.3. The van der Waals surface area contributed by atoms with Crippen molar-refractivity contribution in [1.82, 2.24) is 40.0 Å². The van der Waals surface area contributed by atoms with Crippen LogP contribution in [-0.4, -0.2) is 148 Å². The van der Waals surface area contributed by atoms with Crippen LogP contribution < -0.4 is 10.7 Å². The van der Waals surface area contributed by atoms with E-state index in [0.717, 1.165) is 33.3 Å². The van der Waals surface area contributed by atoms with E-state index in [1.807, 2.05) is 59.1 Å². The second-order valence-electron chi connectivity index (χ2n) is 19.4. The fourth-order valence-corrected chi connectivity index (χ4v) is 10.7. The first-order valence-electron chi connectivity index (χ1n) is 23.9. The normalized spacial score (nSPS) is 21.6. The number of esters is 1. The first-order chi connectivity index (χ1) is 32.7. The number of rotatable bonds is 12. The van der Waals surface area contributed by atoms with Gasteiger partial charge in [0.05, 0.1) is 34.8 Å². The lowest BCUT2D eigenvalue weighted by Gasteiger charge is -2.41. The first-order valence-corrected chi connectivity index (χ1v) is 24.8. The third-order valence-electron chi connectivity index (χ3n) is 13.6. The van der Waals surface area contributed by atoms with Crippen molar-refractivity contribution >= 4 is 63.7 Å². The number of likely N-dealkylation sites (N-methyl/N-ethyl adjacent to an activating group) is 2. The molecule has 3 N–H and O–H groups in total. The molecule has 69 heavy (non-hydrogen) atoms. The molecule has 1 aromatic carbocycles. The van der Waals surface area contributed by atoms with Gasteiger partial charge in [-0.15, -0.1) is 11.3 Å². The van der Waals surface area contributed by atoms with Crippen LogP contribution in [0.3, 0.4) is 0 Å². The Kier molecular flexibility index (Phi) is 16.8. The number of thiazole rings is 1. The Labute approximate surface area is 410 Å². The highest BCUT2D eigenvalue weighted by atomic mass is 32.1. The van der Waals surface area contributed by atoms with Gasteiger partial charge < -0.3 is 39.2 Å². The molecule has 0 radical (unpaired) electrons. The summed E-state index contributed by atoms with van der Waals surface area (Å²) in [4.78, 5) is 84.1. The number of benzene rings is 1. The van der Waals surface area contributed by atoms with Crippen LogP contribution in [0.15, 0.2) is 59.6 Å². The molecule has 3 aromatic rings. The molecule has 5 heterocycles. The Hall–Kier alpha value is -5.69. The summed E-state index contributed by atoms with van der Waals surface area (Å²) >= 11 is 1.35. The molecule has 18 heteroatoms. The van der Waals surface area contributed by atoms with Crippen molar-refractivity contribution in [2.45, 2.75) is 123 Å². The van der Waals surface area contributed by atoms with Crippen molar-refractivity contribution in [3.05, 3.63) is 70.9 Å². The van der Waals surface area contributed by atoms with E-state index >= 15 is 0 Å². The molecule has 17 nitrogen and oxygen atoms in total. The van der Waals surface area contributed by atoms with Gasteiger partial charge in [-0.05, 0) is 76.1 Å². The molecule has 0 saturated carbocycles. The van der Waals surface area contributed by atoms with Gasteiger partial charge in [0, 0.05) is 105 Å². The molecule has 3 aliphatic heterocycles. The number of amides is 5. The minimum atomic E-state index is -2.24. The maximum absolute atomic E-state index is 14.7.